The van der Waals surface area contributed by atoms with E-state index in [9.17, 15) is 9.59 Å². The number of piperidine rings is 1. The predicted molar refractivity (Wildman–Crippen MR) is 99.4 cm³/mol. The molecular weight excluding hydrogens is 338 g/mol. The zero-order valence-corrected chi connectivity index (χ0v) is 16.3. The van der Waals surface area contributed by atoms with Gasteiger partial charge in [-0.25, -0.2) is 4.98 Å². The monoisotopic (exact) mass is 365 g/mol. The third kappa shape index (κ3) is 5.37. The molecule has 0 bridgehead atoms. The molecule has 0 radical (unpaired) electrons. The summed E-state index contributed by atoms with van der Waals surface area (Å²) in [7, 11) is 5.18. The fourth-order valence-corrected chi connectivity index (χ4v) is 3.62. The normalized spacial score (nSPS) is 20.9. The highest BCUT2D eigenvalue weighted by molar-refractivity contribution is 7.09. The number of likely N-dealkylation sites (tertiary alicyclic amines) is 1. The SMILES string of the molecule is COC1(CCC(=O)N(C)C)CCCN(C(=O)/C=C/c2csc(C)n2)C1. The molecule has 2 rings (SSSR count). The van der Waals surface area contributed by atoms with E-state index in [1.54, 1.807) is 49.6 Å². The van der Waals surface area contributed by atoms with E-state index >= 15 is 0 Å². The number of methoxy groups -OCH3 is 1. The van der Waals surface area contributed by atoms with Crippen LogP contribution in [0.5, 0.6) is 0 Å². The van der Waals surface area contributed by atoms with Crippen LogP contribution in [0.25, 0.3) is 6.08 Å². The molecule has 1 aliphatic heterocycles. The smallest absolute Gasteiger partial charge is 0.246 e. The molecular formula is C18H27N3O3S. The summed E-state index contributed by atoms with van der Waals surface area (Å²) in [5.74, 6) is 0.0457. The Morgan fingerprint density at radius 3 is 2.84 bits per heavy atom. The van der Waals surface area contributed by atoms with Crippen molar-refractivity contribution in [1.29, 1.82) is 0 Å². The van der Waals surface area contributed by atoms with Crippen LogP contribution in [0.3, 0.4) is 0 Å². The summed E-state index contributed by atoms with van der Waals surface area (Å²) in [6, 6.07) is 0. The third-order valence-electron chi connectivity index (χ3n) is 4.61. The molecule has 0 saturated carbocycles. The lowest BCUT2D eigenvalue weighted by atomic mass is 9.87. The number of ether oxygens (including phenoxy) is 1. The first-order valence-corrected chi connectivity index (χ1v) is 9.37. The Bertz CT molecular complexity index is 641. The highest BCUT2D eigenvalue weighted by Crippen LogP contribution is 2.29. The molecule has 1 unspecified atom stereocenters. The first kappa shape index (κ1) is 19.6. The number of thiazole rings is 1. The second-order valence-corrected chi connectivity index (χ2v) is 7.73. The van der Waals surface area contributed by atoms with E-state index in [4.69, 9.17) is 4.74 Å². The maximum atomic E-state index is 12.5. The zero-order chi connectivity index (χ0) is 18.4. The van der Waals surface area contributed by atoms with Crippen molar-refractivity contribution in [2.45, 2.75) is 38.2 Å². The molecule has 2 amide bonds. The minimum Gasteiger partial charge on any atom is -0.376 e. The molecule has 1 aromatic rings. The van der Waals surface area contributed by atoms with Gasteiger partial charge in [-0.2, -0.15) is 0 Å². The van der Waals surface area contributed by atoms with Crippen LogP contribution in [0.4, 0.5) is 0 Å². The number of rotatable bonds is 6. The van der Waals surface area contributed by atoms with E-state index in [-0.39, 0.29) is 11.8 Å². The van der Waals surface area contributed by atoms with Crippen LogP contribution in [-0.4, -0.2) is 66.5 Å². The molecule has 0 N–H and O–H groups in total. The summed E-state index contributed by atoms with van der Waals surface area (Å²) in [6.45, 7) is 3.17. The van der Waals surface area contributed by atoms with Gasteiger partial charge in [0.15, 0.2) is 0 Å². The van der Waals surface area contributed by atoms with Gasteiger partial charge in [-0.3, -0.25) is 9.59 Å². The number of hydrogen-bond acceptors (Lipinski definition) is 5. The van der Waals surface area contributed by atoms with Crippen molar-refractivity contribution in [2.24, 2.45) is 0 Å². The van der Waals surface area contributed by atoms with Gasteiger partial charge in [-0.1, -0.05) is 0 Å². The van der Waals surface area contributed by atoms with Gasteiger partial charge in [-0.15, -0.1) is 11.3 Å². The molecule has 0 aliphatic carbocycles. The van der Waals surface area contributed by atoms with Gasteiger partial charge in [0.25, 0.3) is 0 Å². The second-order valence-electron chi connectivity index (χ2n) is 6.66. The molecule has 0 spiro atoms. The Kier molecular flexibility index (Phi) is 6.72. The molecule has 1 aromatic heterocycles. The molecule has 6 nitrogen and oxygen atoms in total. The molecule has 2 heterocycles. The van der Waals surface area contributed by atoms with Gasteiger partial charge >= 0.3 is 0 Å². The van der Waals surface area contributed by atoms with E-state index in [0.29, 0.717) is 25.9 Å². The molecule has 0 aromatic carbocycles. The van der Waals surface area contributed by atoms with Gasteiger partial charge in [-0.05, 0) is 32.3 Å². The van der Waals surface area contributed by atoms with E-state index < -0.39 is 5.60 Å². The van der Waals surface area contributed by atoms with Crippen molar-refractivity contribution in [3.63, 3.8) is 0 Å². The molecule has 1 atom stereocenters. The van der Waals surface area contributed by atoms with Gasteiger partial charge < -0.3 is 14.5 Å². The average molecular weight is 365 g/mol. The van der Waals surface area contributed by atoms with Gasteiger partial charge in [0, 0.05) is 52.2 Å². The lowest BCUT2D eigenvalue weighted by molar-refractivity contribution is -0.138. The maximum absolute atomic E-state index is 12.5. The summed E-state index contributed by atoms with van der Waals surface area (Å²) >= 11 is 1.56. The Labute approximate surface area is 153 Å². The summed E-state index contributed by atoms with van der Waals surface area (Å²) in [5.41, 5.74) is 0.368. The second kappa shape index (κ2) is 8.58. The molecule has 1 saturated heterocycles. The maximum Gasteiger partial charge on any atom is 0.246 e. The van der Waals surface area contributed by atoms with Crippen molar-refractivity contribution < 1.29 is 14.3 Å². The largest absolute Gasteiger partial charge is 0.376 e. The number of amides is 2. The van der Waals surface area contributed by atoms with E-state index in [0.717, 1.165) is 23.5 Å². The van der Waals surface area contributed by atoms with Gasteiger partial charge in [0.05, 0.1) is 16.3 Å². The molecule has 1 aliphatic rings. The van der Waals surface area contributed by atoms with Crippen LogP contribution in [0.1, 0.15) is 36.4 Å². The minimum atomic E-state index is -0.440. The highest BCUT2D eigenvalue weighted by atomic mass is 32.1. The van der Waals surface area contributed by atoms with E-state index in [1.165, 1.54) is 0 Å². The van der Waals surface area contributed by atoms with Crippen LogP contribution < -0.4 is 0 Å². The third-order valence-corrected chi connectivity index (χ3v) is 5.40. The predicted octanol–water partition coefficient (Wildman–Crippen LogP) is 2.34. The van der Waals surface area contributed by atoms with Crippen molar-refractivity contribution in [2.75, 3.05) is 34.3 Å². The van der Waals surface area contributed by atoms with Crippen molar-refractivity contribution >= 4 is 29.2 Å². The number of nitrogens with zero attached hydrogens (tertiary/aromatic N) is 3. The number of hydrogen-bond donors (Lipinski definition) is 0. The highest BCUT2D eigenvalue weighted by Gasteiger charge is 2.37. The lowest BCUT2D eigenvalue weighted by Crippen LogP contribution is -2.51. The van der Waals surface area contributed by atoms with Crippen LogP contribution in [0.15, 0.2) is 11.5 Å². The first-order valence-electron chi connectivity index (χ1n) is 8.50. The number of carbonyl (C=O) groups excluding carboxylic acids is 2. The Hall–Kier alpha value is -1.73. The van der Waals surface area contributed by atoms with Crippen LogP contribution >= 0.6 is 11.3 Å². The Morgan fingerprint density at radius 2 is 2.24 bits per heavy atom. The van der Waals surface area contributed by atoms with Gasteiger partial charge in [0.2, 0.25) is 11.8 Å². The van der Waals surface area contributed by atoms with E-state index in [2.05, 4.69) is 4.98 Å². The fourth-order valence-electron chi connectivity index (χ4n) is 3.04. The summed E-state index contributed by atoms with van der Waals surface area (Å²) in [6.07, 6.45) is 6.12. The summed E-state index contributed by atoms with van der Waals surface area (Å²) < 4.78 is 5.76. The van der Waals surface area contributed by atoms with E-state index in [1.807, 2.05) is 17.2 Å². The number of carbonyl (C=O) groups is 2. The summed E-state index contributed by atoms with van der Waals surface area (Å²) in [5, 5.41) is 2.91. The summed E-state index contributed by atoms with van der Waals surface area (Å²) in [4.78, 5) is 32.1. The van der Waals surface area contributed by atoms with Crippen molar-refractivity contribution in [3.05, 3.63) is 22.2 Å². The number of aromatic nitrogens is 1. The quantitative estimate of drug-likeness (QED) is 0.726. The van der Waals surface area contributed by atoms with Crippen molar-refractivity contribution in [1.82, 2.24) is 14.8 Å². The standard InChI is InChI=1S/C18H27N3O3S/c1-14-19-15(12-25-14)6-7-17(23)21-11-5-9-18(13-21,24-4)10-8-16(22)20(2)3/h6-7,12H,5,8-11,13H2,1-4H3/b7-6+. The lowest BCUT2D eigenvalue weighted by Gasteiger charge is -2.41. The molecule has 7 heteroatoms. The molecule has 1 fully saturated rings. The Balaban J connectivity index is 1.98. The van der Waals surface area contributed by atoms with Crippen LogP contribution in [0.2, 0.25) is 0 Å². The average Bonchev–Trinajstić information content (AvgIpc) is 3.03. The molecule has 25 heavy (non-hydrogen) atoms. The first-order chi connectivity index (χ1) is 11.8. The Morgan fingerprint density at radius 1 is 1.48 bits per heavy atom. The number of aryl methyl sites for hydroxylation is 1. The minimum absolute atomic E-state index is 0.0364. The zero-order valence-electron chi connectivity index (χ0n) is 15.4. The molecule has 138 valence electrons. The van der Waals surface area contributed by atoms with Crippen LogP contribution in [-0.2, 0) is 14.3 Å². The topological polar surface area (TPSA) is 62.7 Å². The van der Waals surface area contributed by atoms with Crippen LogP contribution in [0, 0.1) is 6.92 Å². The fraction of sp³-hybridized carbons (Fsp3) is 0.611. The van der Waals surface area contributed by atoms with Crippen molar-refractivity contribution in [3.8, 4) is 0 Å². The van der Waals surface area contributed by atoms with Gasteiger partial charge in [0.1, 0.15) is 0 Å².